The molecule has 0 saturated heterocycles. The van der Waals surface area contributed by atoms with Crippen molar-refractivity contribution in [2.45, 2.75) is 38.0 Å². The van der Waals surface area contributed by atoms with Crippen LogP contribution in [0.15, 0.2) is 24.3 Å². The maximum absolute atomic E-state index is 12.3. The predicted molar refractivity (Wildman–Crippen MR) is 69.8 cm³/mol. The molecule has 0 amide bonds. The Morgan fingerprint density at radius 3 is 2.33 bits per heavy atom. The first kappa shape index (κ1) is 12.9. The van der Waals surface area contributed by atoms with Crippen LogP contribution in [0.1, 0.15) is 38.2 Å². The van der Waals surface area contributed by atoms with E-state index in [4.69, 9.17) is 9.47 Å². The smallest absolute Gasteiger partial charge is 0.316 e. The Kier molecular flexibility index (Phi) is 3.90. The second kappa shape index (κ2) is 5.42. The Morgan fingerprint density at radius 2 is 1.83 bits per heavy atom. The third-order valence-electron chi connectivity index (χ3n) is 3.77. The normalized spacial score (nSPS) is 17.4. The highest BCUT2D eigenvalue weighted by molar-refractivity contribution is 5.83. The van der Waals surface area contributed by atoms with E-state index in [1.54, 1.807) is 7.11 Å². The Bertz CT molecular complexity index is 402. The first-order valence-electron chi connectivity index (χ1n) is 6.54. The summed E-state index contributed by atoms with van der Waals surface area (Å²) in [5.74, 6) is 0.739. The molecule has 2 rings (SSSR count). The summed E-state index contributed by atoms with van der Waals surface area (Å²) in [4.78, 5) is 12.3. The van der Waals surface area contributed by atoms with E-state index in [-0.39, 0.29) is 5.97 Å². The molecule has 1 aliphatic carbocycles. The van der Waals surface area contributed by atoms with E-state index in [1.807, 2.05) is 31.2 Å². The van der Waals surface area contributed by atoms with Crippen LogP contribution in [0.4, 0.5) is 0 Å². The quantitative estimate of drug-likeness (QED) is 0.768. The van der Waals surface area contributed by atoms with Crippen LogP contribution in [0, 0.1) is 0 Å². The standard InChI is InChI=1S/C15H20O3/c1-3-18-14(16)15(10-4-5-11-15)12-6-8-13(17-2)9-7-12/h6-9H,3-5,10-11H2,1-2H3. The molecule has 98 valence electrons. The molecule has 0 radical (unpaired) electrons. The van der Waals surface area contributed by atoms with Crippen LogP contribution >= 0.6 is 0 Å². The first-order chi connectivity index (χ1) is 8.73. The van der Waals surface area contributed by atoms with Gasteiger partial charge in [-0.25, -0.2) is 0 Å². The fraction of sp³-hybridized carbons (Fsp3) is 0.533. The lowest BCUT2D eigenvalue weighted by Gasteiger charge is -2.27. The van der Waals surface area contributed by atoms with E-state index in [0.717, 1.165) is 37.0 Å². The largest absolute Gasteiger partial charge is 0.497 e. The van der Waals surface area contributed by atoms with Crippen molar-refractivity contribution >= 4 is 5.97 Å². The Labute approximate surface area is 108 Å². The molecule has 0 aliphatic heterocycles. The lowest BCUT2D eigenvalue weighted by atomic mass is 9.79. The van der Waals surface area contributed by atoms with Gasteiger partial charge in [-0.2, -0.15) is 0 Å². The van der Waals surface area contributed by atoms with Crippen LogP contribution in [0.3, 0.4) is 0 Å². The third-order valence-corrected chi connectivity index (χ3v) is 3.77. The predicted octanol–water partition coefficient (Wildman–Crippen LogP) is 3.07. The zero-order valence-electron chi connectivity index (χ0n) is 11.1. The molecule has 1 fully saturated rings. The van der Waals surface area contributed by atoms with Gasteiger partial charge in [0.15, 0.2) is 0 Å². The second-order valence-electron chi connectivity index (χ2n) is 4.74. The molecule has 1 aliphatic rings. The van der Waals surface area contributed by atoms with E-state index in [2.05, 4.69) is 0 Å². The molecule has 0 N–H and O–H groups in total. The first-order valence-corrected chi connectivity index (χ1v) is 6.54. The molecule has 18 heavy (non-hydrogen) atoms. The maximum Gasteiger partial charge on any atom is 0.316 e. The number of hydrogen-bond donors (Lipinski definition) is 0. The maximum atomic E-state index is 12.3. The zero-order valence-corrected chi connectivity index (χ0v) is 11.1. The summed E-state index contributed by atoms with van der Waals surface area (Å²) in [6.07, 6.45) is 3.95. The average molecular weight is 248 g/mol. The molecule has 0 spiro atoms. The highest BCUT2D eigenvalue weighted by Gasteiger charge is 2.43. The van der Waals surface area contributed by atoms with Crippen molar-refractivity contribution in [3.8, 4) is 5.75 Å². The number of methoxy groups -OCH3 is 1. The van der Waals surface area contributed by atoms with E-state index in [9.17, 15) is 4.79 Å². The van der Waals surface area contributed by atoms with Gasteiger partial charge >= 0.3 is 5.97 Å². The molecule has 3 nitrogen and oxygen atoms in total. The van der Waals surface area contributed by atoms with E-state index in [0.29, 0.717) is 6.61 Å². The number of carbonyl (C=O) groups is 1. The molecule has 1 aromatic rings. The fourth-order valence-corrected chi connectivity index (χ4v) is 2.77. The third kappa shape index (κ3) is 2.22. The highest BCUT2D eigenvalue weighted by atomic mass is 16.5. The van der Waals surface area contributed by atoms with Gasteiger partial charge < -0.3 is 9.47 Å². The summed E-state index contributed by atoms with van der Waals surface area (Å²) in [6, 6.07) is 7.80. The summed E-state index contributed by atoms with van der Waals surface area (Å²) in [5.41, 5.74) is 0.627. The van der Waals surface area contributed by atoms with Crippen LogP contribution in [0.5, 0.6) is 5.75 Å². The Morgan fingerprint density at radius 1 is 1.22 bits per heavy atom. The number of esters is 1. The molecular formula is C15H20O3. The fourth-order valence-electron chi connectivity index (χ4n) is 2.77. The summed E-state index contributed by atoms with van der Waals surface area (Å²) in [5, 5.41) is 0. The molecule has 1 aromatic carbocycles. The Balaban J connectivity index is 2.31. The minimum absolute atomic E-state index is 0.0762. The second-order valence-corrected chi connectivity index (χ2v) is 4.74. The molecule has 0 bridgehead atoms. The molecule has 0 heterocycles. The zero-order chi connectivity index (χ0) is 13.0. The van der Waals surface area contributed by atoms with E-state index < -0.39 is 5.41 Å². The summed E-state index contributed by atoms with van der Waals surface area (Å²) in [6.45, 7) is 2.30. The van der Waals surface area contributed by atoms with Crippen molar-refractivity contribution < 1.29 is 14.3 Å². The SMILES string of the molecule is CCOC(=O)C1(c2ccc(OC)cc2)CCCC1. The molecule has 0 atom stereocenters. The summed E-state index contributed by atoms with van der Waals surface area (Å²) in [7, 11) is 1.64. The lowest BCUT2D eigenvalue weighted by Crippen LogP contribution is -2.34. The van der Waals surface area contributed by atoms with Gasteiger partial charge in [0.1, 0.15) is 5.75 Å². The number of rotatable bonds is 4. The molecule has 1 saturated carbocycles. The molecule has 3 heteroatoms. The number of hydrogen-bond acceptors (Lipinski definition) is 3. The van der Waals surface area contributed by atoms with Gasteiger partial charge in [0.25, 0.3) is 0 Å². The van der Waals surface area contributed by atoms with Gasteiger partial charge in [-0.1, -0.05) is 25.0 Å². The van der Waals surface area contributed by atoms with Crippen molar-refractivity contribution in [2.75, 3.05) is 13.7 Å². The van der Waals surface area contributed by atoms with Crippen LogP contribution in [-0.2, 0) is 14.9 Å². The lowest BCUT2D eigenvalue weighted by molar-refractivity contribution is -0.150. The van der Waals surface area contributed by atoms with Gasteiger partial charge in [-0.15, -0.1) is 0 Å². The van der Waals surface area contributed by atoms with Gasteiger partial charge in [0.2, 0.25) is 0 Å². The van der Waals surface area contributed by atoms with Gasteiger partial charge in [-0.05, 0) is 37.5 Å². The van der Waals surface area contributed by atoms with Crippen molar-refractivity contribution in [1.82, 2.24) is 0 Å². The molecular weight excluding hydrogens is 228 g/mol. The minimum atomic E-state index is -0.428. The molecule has 0 aromatic heterocycles. The van der Waals surface area contributed by atoms with Crippen LogP contribution in [0.2, 0.25) is 0 Å². The van der Waals surface area contributed by atoms with Gasteiger partial charge in [0.05, 0.1) is 19.1 Å². The summed E-state index contributed by atoms with van der Waals surface area (Å²) >= 11 is 0. The van der Waals surface area contributed by atoms with Gasteiger partial charge in [0, 0.05) is 0 Å². The van der Waals surface area contributed by atoms with Crippen molar-refractivity contribution in [3.05, 3.63) is 29.8 Å². The van der Waals surface area contributed by atoms with Crippen molar-refractivity contribution in [2.24, 2.45) is 0 Å². The van der Waals surface area contributed by atoms with Crippen molar-refractivity contribution in [3.63, 3.8) is 0 Å². The topological polar surface area (TPSA) is 35.5 Å². The van der Waals surface area contributed by atoms with Crippen molar-refractivity contribution in [1.29, 1.82) is 0 Å². The highest BCUT2D eigenvalue weighted by Crippen LogP contribution is 2.42. The Hall–Kier alpha value is -1.51. The number of ether oxygens (including phenoxy) is 2. The number of carbonyl (C=O) groups excluding carboxylic acids is 1. The average Bonchev–Trinajstić information content (AvgIpc) is 2.90. The minimum Gasteiger partial charge on any atom is -0.497 e. The molecule has 0 unspecified atom stereocenters. The van der Waals surface area contributed by atoms with E-state index in [1.165, 1.54) is 0 Å². The number of benzene rings is 1. The van der Waals surface area contributed by atoms with Crippen LogP contribution in [0.25, 0.3) is 0 Å². The van der Waals surface area contributed by atoms with Crippen LogP contribution < -0.4 is 4.74 Å². The summed E-state index contributed by atoms with van der Waals surface area (Å²) < 4.78 is 10.4. The van der Waals surface area contributed by atoms with Gasteiger partial charge in [-0.3, -0.25) is 4.79 Å². The monoisotopic (exact) mass is 248 g/mol. The van der Waals surface area contributed by atoms with E-state index >= 15 is 0 Å². The van der Waals surface area contributed by atoms with Crippen LogP contribution in [-0.4, -0.2) is 19.7 Å².